The first-order valence-electron chi connectivity index (χ1n) is 17.2. The smallest absolute Gasteiger partial charge is 0.303 e. The molecule has 0 aliphatic rings. The fraction of sp³-hybridized carbons (Fsp3) is 0.195. The highest BCUT2D eigenvalue weighted by atomic mass is 35.5. The lowest BCUT2D eigenvalue weighted by Gasteiger charge is -2.25. The molecule has 6 aromatic rings. The summed E-state index contributed by atoms with van der Waals surface area (Å²) in [6, 6.07) is 36.1. The molecule has 0 unspecified atom stereocenters. The van der Waals surface area contributed by atoms with Gasteiger partial charge >= 0.3 is 5.97 Å². The third-order valence-corrected chi connectivity index (χ3v) is 13.3. The van der Waals surface area contributed by atoms with Crippen molar-refractivity contribution in [2.75, 3.05) is 12.3 Å². The average Bonchev–Trinajstić information content (AvgIpc) is 3.43. The van der Waals surface area contributed by atoms with E-state index in [0.29, 0.717) is 22.0 Å². The van der Waals surface area contributed by atoms with Gasteiger partial charge in [-0.15, -0.1) is 0 Å². The Morgan fingerprint density at radius 3 is 1.94 bits per heavy atom. The SMILES string of the molecule is O=C(O)CCc1ccc(S(=O)(=O)CCc2c(CCNS(=O)(=O)Cc3ccc(Cl)c(Cl)c3)n(C(c3ccccc3)c3ccccc3)c3ccc(Cl)cc23)cc1. The van der Waals surface area contributed by atoms with E-state index >= 15 is 0 Å². The van der Waals surface area contributed by atoms with Crippen LogP contribution in [-0.4, -0.2) is 44.8 Å². The van der Waals surface area contributed by atoms with Crippen LogP contribution in [0.5, 0.6) is 0 Å². The maximum Gasteiger partial charge on any atom is 0.303 e. The molecule has 280 valence electrons. The van der Waals surface area contributed by atoms with Gasteiger partial charge < -0.3 is 9.67 Å². The number of hydrogen-bond donors (Lipinski definition) is 2. The molecule has 8 nitrogen and oxygen atoms in total. The van der Waals surface area contributed by atoms with Crippen LogP contribution in [0.4, 0.5) is 0 Å². The number of carbonyl (C=O) groups is 1. The monoisotopic (exact) mass is 822 g/mol. The van der Waals surface area contributed by atoms with Crippen molar-refractivity contribution in [1.29, 1.82) is 0 Å². The Bertz CT molecular complexity index is 2450. The number of carboxylic acid groups (broad SMARTS) is 1. The minimum Gasteiger partial charge on any atom is -0.481 e. The zero-order valence-corrected chi connectivity index (χ0v) is 32.9. The molecule has 0 atom stereocenters. The number of aromatic nitrogens is 1. The van der Waals surface area contributed by atoms with Gasteiger partial charge in [0.2, 0.25) is 10.0 Å². The molecule has 0 fully saturated rings. The Labute approximate surface area is 330 Å². The Balaban J connectivity index is 1.41. The van der Waals surface area contributed by atoms with Crippen molar-refractivity contribution in [3.05, 3.63) is 170 Å². The molecular formula is C41H37Cl3N2O6S2. The first-order chi connectivity index (χ1) is 25.8. The van der Waals surface area contributed by atoms with Crippen LogP contribution in [0.3, 0.4) is 0 Å². The third-order valence-electron chi connectivity index (χ3n) is 9.23. The molecular weight excluding hydrogens is 787 g/mol. The van der Waals surface area contributed by atoms with Crippen molar-refractivity contribution in [3.8, 4) is 0 Å². The quantitative estimate of drug-likeness (QED) is 0.101. The maximum absolute atomic E-state index is 13.8. The summed E-state index contributed by atoms with van der Waals surface area (Å²) >= 11 is 18.8. The Hall–Kier alpha value is -4.16. The number of fused-ring (bicyclic) bond motifs is 1. The van der Waals surface area contributed by atoms with Crippen LogP contribution >= 0.6 is 34.8 Å². The number of aliphatic carboxylic acids is 1. The summed E-state index contributed by atoms with van der Waals surface area (Å²) in [4.78, 5) is 11.2. The van der Waals surface area contributed by atoms with E-state index in [2.05, 4.69) is 9.29 Å². The zero-order valence-electron chi connectivity index (χ0n) is 29.0. The summed E-state index contributed by atoms with van der Waals surface area (Å²) in [5, 5.41) is 10.9. The minimum absolute atomic E-state index is 0.0293. The van der Waals surface area contributed by atoms with Crippen LogP contribution in [0.1, 0.15) is 46.0 Å². The normalized spacial score (nSPS) is 12.1. The van der Waals surface area contributed by atoms with Gasteiger partial charge in [-0.25, -0.2) is 21.6 Å². The van der Waals surface area contributed by atoms with E-state index in [4.69, 9.17) is 39.9 Å². The lowest BCUT2D eigenvalue weighted by atomic mass is 9.97. The number of carboxylic acids is 1. The van der Waals surface area contributed by atoms with Gasteiger partial charge in [-0.2, -0.15) is 0 Å². The van der Waals surface area contributed by atoms with E-state index in [1.807, 2.05) is 72.8 Å². The van der Waals surface area contributed by atoms with Gasteiger partial charge in [0.15, 0.2) is 9.84 Å². The number of hydrogen-bond acceptors (Lipinski definition) is 5. The number of benzene rings is 5. The van der Waals surface area contributed by atoms with E-state index in [9.17, 15) is 21.6 Å². The topological polar surface area (TPSA) is 123 Å². The maximum atomic E-state index is 13.8. The summed E-state index contributed by atoms with van der Waals surface area (Å²) in [6.45, 7) is 0.0293. The van der Waals surface area contributed by atoms with E-state index in [1.165, 1.54) is 18.2 Å². The van der Waals surface area contributed by atoms with Crippen molar-refractivity contribution < 1.29 is 26.7 Å². The average molecular weight is 824 g/mol. The molecule has 0 bridgehead atoms. The zero-order chi connectivity index (χ0) is 38.5. The van der Waals surface area contributed by atoms with Gasteiger partial charge in [0.25, 0.3) is 0 Å². The van der Waals surface area contributed by atoms with E-state index in [1.54, 1.807) is 30.3 Å². The van der Waals surface area contributed by atoms with Gasteiger partial charge in [-0.3, -0.25) is 4.79 Å². The van der Waals surface area contributed by atoms with Crippen LogP contribution in [0.25, 0.3) is 10.9 Å². The number of aryl methyl sites for hydroxylation is 2. The molecule has 5 aromatic carbocycles. The molecule has 6 rings (SSSR count). The van der Waals surface area contributed by atoms with E-state index < -0.39 is 25.8 Å². The highest BCUT2D eigenvalue weighted by molar-refractivity contribution is 7.91. The number of halogens is 3. The van der Waals surface area contributed by atoms with Crippen LogP contribution in [0, 0.1) is 0 Å². The predicted octanol–water partition coefficient (Wildman–Crippen LogP) is 8.93. The van der Waals surface area contributed by atoms with Crippen molar-refractivity contribution in [1.82, 2.24) is 9.29 Å². The fourth-order valence-electron chi connectivity index (χ4n) is 6.71. The van der Waals surface area contributed by atoms with Crippen molar-refractivity contribution >= 4 is 71.5 Å². The number of nitrogens with zero attached hydrogens (tertiary/aromatic N) is 1. The van der Waals surface area contributed by atoms with Crippen LogP contribution in [0.2, 0.25) is 15.1 Å². The van der Waals surface area contributed by atoms with Crippen molar-refractivity contribution in [2.24, 2.45) is 0 Å². The van der Waals surface area contributed by atoms with E-state index in [-0.39, 0.29) is 53.3 Å². The number of sulfonamides is 1. The molecule has 54 heavy (non-hydrogen) atoms. The molecule has 0 aliphatic heterocycles. The molecule has 13 heteroatoms. The largest absolute Gasteiger partial charge is 0.481 e. The Morgan fingerprint density at radius 1 is 0.704 bits per heavy atom. The standard InChI is InChI=1S/C41H37Cl3N2O6S2/c42-32-15-19-38-35(26-32)34(22-24-53(49,50)33-16-11-28(12-17-33)14-20-40(47)48)39(21-23-45-54(51,52)27-29-13-18-36(43)37(44)25-29)46(38)41(30-7-3-1-4-8-30)31-9-5-2-6-10-31/h1-13,15-19,25-26,41,45H,14,20-24,27H2,(H,47,48). The molecule has 0 amide bonds. The summed E-state index contributed by atoms with van der Waals surface area (Å²) in [5.41, 5.74) is 5.51. The molecule has 1 heterocycles. The number of sulfone groups is 1. The molecule has 2 N–H and O–H groups in total. The minimum atomic E-state index is -3.82. The van der Waals surface area contributed by atoms with E-state index in [0.717, 1.165) is 38.9 Å². The van der Waals surface area contributed by atoms with Gasteiger partial charge in [0.05, 0.1) is 32.5 Å². The molecule has 0 aliphatic carbocycles. The molecule has 0 saturated heterocycles. The van der Waals surface area contributed by atoms with Gasteiger partial charge in [0.1, 0.15) is 0 Å². The van der Waals surface area contributed by atoms with Crippen LogP contribution < -0.4 is 4.72 Å². The fourth-order valence-corrected chi connectivity index (χ4v) is 9.59. The predicted molar refractivity (Wildman–Crippen MR) is 216 cm³/mol. The summed E-state index contributed by atoms with van der Waals surface area (Å²) in [6.07, 6.45) is 0.589. The van der Waals surface area contributed by atoms with Gasteiger partial charge in [-0.1, -0.05) is 114 Å². The number of rotatable bonds is 16. The Kier molecular flexibility index (Phi) is 12.5. The van der Waals surface area contributed by atoms with Crippen molar-refractivity contribution in [2.45, 2.75) is 42.4 Å². The number of nitrogens with one attached hydrogen (secondary N) is 1. The lowest BCUT2D eigenvalue weighted by Crippen LogP contribution is -2.28. The second-order valence-corrected chi connectivity index (χ2v) is 18.1. The molecule has 0 radical (unpaired) electrons. The van der Waals surface area contributed by atoms with Gasteiger partial charge in [0, 0.05) is 41.0 Å². The molecule has 0 spiro atoms. The van der Waals surface area contributed by atoms with Crippen LogP contribution in [-0.2, 0) is 49.7 Å². The summed E-state index contributed by atoms with van der Waals surface area (Å²) in [7, 11) is -7.61. The van der Waals surface area contributed by atoms with Crippen LogP contribution in [0.15, 0.2) is 126 Å². The highest BCUT2D eigenvalue weighted by Gasteiger charge is 2.27. The first kappa shape index (κ1) is 39.5. The van der Waals surface area contributed by atoms with Gasteiger partial charge in [-0.05, 0) is 83.1 Å². The lowest BCUT2D eigenvalue weighted by molar-refractivity contribution is -0.136. The third kappa shape index (κ3) is 9.55. The summed E-state index contributed by atoms with van der Waals surface area (Å²) in [5.74, 6) is -1.47. The first-order valence-corrected chi connectivity index (χ1v) is 21.6. The second-order valence-electron chi connectivity index (χ2n) is 12.9. The molecule has 0 saturated carbocycles. The molecule has 1 aromatic heterocycles. The second kappa shape index (κ2) is 17.1. The summed E-state index contributed by atoms with van der Waals surface area (Å²) < 4.78 is 59.2. The Morgan fingerprint density at radius 2 is 1.33 bits per heavy atom. The van der Waals surface area contributed by atoms with Crippen molar-refractivity contribution in [3.63, 3.8) is 0 Å². The highest BCUT2D eigenvalue weighted by Crippen LogP contribution is 2.38.